The molecule has 2 bridgehead atoms. The maximum Gasteiger partial charge on any atom is 0.494 e. The third-order valence-electron chi connectivity index (χ3n) is 6.28. The van der Waals surface area contributed by atoms with Crippen LogP contribution in [0.4, 0.5) is 0 Å². The summed E-state index contributed by atoms with van der Waals surface area (Å²) in [5, 5.41) is 11.2. The molecule has 3 fully saturated rings. The first-order valence-corrected chi connectivity index (χ1v) is 9.02. The summed E-state index contributed by atoms with van der Waals surface area (Å²) < 4.78 is 18.2. The molecule has 1 aromatic rings. The van der Waals surface area contributed by atoms with Crippen LogP contribution in [0.5, 0.6) is 0 Å². The average molecular weight is 330 g/mol. The van der Waals surface area contributed by atoms with E-state index < -0.39 is 12.7 Å². The fourth-order valence-corrected chi connectivity index (χ4v) is 4.11. The van der Waals surface area contributed by atoms with Crippen LogP contribution in [-0.2, 0) is 19.6 Å². The molecule has 3 aliphatic heterocycles. The van der Waals surface area contributed by atoms with Gasteiger partial charge in [-0.1, -0.05) is 24.3 Å². The molecule has 0 radical (unpaired) electrons. The van der Waals surface area contributed by atoms with Gasteiger partial charge in [0.1, 0.15) is 0 Å². The van der Waals surface area contributed by atoms with Crippen LogP contribution in [0.2, 0.25) is 0 Å². The Kier molecular flexibility index (Phi) is 3.67. The van der Waals surface area contributed by atoms with Crippen LogP contribution in [0.25, 0.3) is 0 Å². The Balaban J connectivity index is 1.61. The van der Waals surface area contributed by atoms with Gasteiger partial charge in [0.25, 0.3) is 0 Å². The zero-order chi connectivity index (χ0) is 17.2. The lowest BCUT2D eigenvalue weighted by atomic mass is 9.75. The number of aliphatic hydroxyl groups is 1. The lowest BCUT2D eigenvalue weighted by molar-refractivity contribution is -0.115. The highest BCUT2D eigenvalue weighted by Gasteiger charge is 2.52. The normalized spacial score (nSPS) is 37.0. The first-order chi connectivity index (χ1) is 11.2. The van der Waals surface area contributed by atoms with Crippen molar-refractivity contribution in [3.05, 3.63) is 29.8 Å². The van der Waals surface area contributed by atoms with Crippen molar-refractivity contribution >= 4 is 12.6 Å². The molecule has 4 nitrogen and oxygen atoms in total. The van der Waals surface area contributed by atoms with Gasteiger partial charge >= 0.3 is 7.12 Å². The van der Waals surface area contributed by atoms with Crippen molar-refractivity contribution in [2.45, 2.75) is 82.4 Å². The second kappa shape index (κ2) is 5.31. The van der Waals surface area contributed by atoms with Crippen molar-refractivity contribution in [3.8, 4) is 0 Å². The SMILES string of the molecule is CC1(C)OB(c2cccc(C3(O)CC4CCC(C3)O4)c2)OC1(C)C. The van der Waals surface area contributed by atoms with Gasteiger partial charge in [-0.15, -0.1) is 0 Å². The number of ether oxygens (including phenoxy) is 1. The van der Waals surface area contributed by atoms with Gasteiger partial charge in [0, 0.05) is 12.8 Å². The molecule has 0 saturated carbocycles. The number of hydrogen-bond acceptors (Lipinski definition) is 4. The van der Waals surface area contributed by atoms with Gasteiger partial charge in [0.2, 0.25) is 0 Å². The lowest BCUT2D eigenvalue weighted by Gasteiger charge is -2.37. The smallest absolute Gasteiger partial charge is 0.399 e. The molecule has 3 saturated heterocycles. The second-order valence-electron chi connectivity index (χ2n) is 8.61. The third-order valence-corrected chi connectivity index (χ3v) is 6.28. The standard InChI is InChI=1S/C19H27BO4/c1-17(2)18(3,4)24-20(23-17)14-7-5-6-13(10-14)19(21)11-15-8-9-16(12-19)22-15/h5-7,10,15-16,21H,8-9,11-12H2,1-4H3. The molecular formula is C19H27BO4. The molecule has 3 aliphatic rings. The number of fused-ring (bicyclic) bond motifs is 2. The van der Waals surface area contributed by atoms with Crippen LogP contribution in [0, 0.1) is 0 Å². The molecule has 130 valence electrons. The molecule has 4 rings (SSSR count). The topological polar surface area (TPSA) is 47.9 Å². The molecule has 2 unspecified atom stereocenters. The van der Waals surface area contributed by atoms with Gasteiger partial charge < -0.3 is 19.2 Å². The van der Waals surface area contributed by atoms with Crippen molar-refractivity contribution in [1.82, 2.24) is 0 Å². The Morgan fingerprint density at radius 2 is 1.58 bits per heavy atom. The summed E-state index contributed by atoms with van der Waals surface area (Å²) >= 11 is 0. The van der Waals surface area contributed by atoms with E-state index in [2.05, 4.69) is 27.7 Å². The van der Waals surface area contributed by atoms with Crippen LogP contribution in [0.15, 0.2) is 24.3 Å². The molecule has 3 heterocycles. The van der Waals surface area contributed by atoms with Gasteiger partial charge in [0.15, 0.2) is 0 Å². The molecular weight excluding hydrogens is 303 g/mol. The quantitative estimate of drug-likeness (QED) is 0.847. The van der Waals surface area contributed by atoms with E-state index in [4.69, 9.17) is 14.0 Å². The fourth-order valence-electron chi connectivity index (χ4n) is 4.11. The summed E-state index contributed by atoms with van der Waals surface area (Å²) in [7, 11) is -0.393. The van der Waals surface area contributed by atoms with Gasteiger partial charge in [-0.3, -0.25) is 0 Å². The number of hydrogen-bond donors (Lipinski definition) is 1. The molecule has 2 atom stereocenters. The average Bonchev–Trinajstić information content (AvgIpc) is 2.95. The van der Waals surface area contributed by atoms with Gasteiger partial charge in [-0.05, 0) is 51.6 Å². The molecule has 24 heavy (non-hydrogen) atoms. The highest BCUT2D eigenvalue weighted by molar-refractivity contribution is 6.62. The fraction of sp³-hybridized carbons (Fsp3) is 0.684. The van der Waals surface area contributed by atoms with Crippen LogP contribution in [0.3, 0.4) is 0 Å². The van der Waals surface area contributed by atoms with Crippen molar-refractivity contribution < 1.29 is 19.2 Å². The summed E-state index contributed by atoms with van der Waals surface area (Å²) in [5.41, 5.74) is 0.405. The Bertz CT molecular complexity index is 614. The van der Waals surface area contributed by atoms with E-state index in [0.29, 0.717) is 12.8 Å². The van der Waals surface area contributed by atoms with Crippen LogP contribution in [0.1, 0.15) is 58.9 Å². The van der Waals surface area contributed by atoms with Crippen LogP contribution >= 0.6 is 0 Å². The predicted octanol–water partition coefficient (Wildman–Crippen LogP) is 2.51. The van der Waals surface area contributed by atoms with E-state index in [1.54, 1.807) is 0 Å². The summed E-state index contributed by atoms with van der Waals surface area (Å²) in [6, 6.07) is 8.07. The molecule has 5 heteroatoms. The van der Waals surface area contributed by atoms with Crippen molar-refractivity contribution in [3.63, 3.8) is 0 Å². The predicted molar refractivity (Wildman–Crippen MR) is 93.2 cm³/mol. The highest BCUT2D eigenvalue weighted by atomic mass is 16.7. The molecule has 0 aliphatic carbocycles. The Morgan fingerprint density at radius 3 is 2.17 bits per heavy atom. The second-order valence-corrected chi connectivity index (χ2v) is 8.61. The largest absolute Gasteiger partial charge is 0.494 e. The van der Waals surface area contributed by atoms with Gasteiger partial charge in [-0.25, -0.2) is 0 Å². The minimum Gasteiger partial charge on any atom is -0.399 e. The first kappa shape index (κ1) is 16.6. The van der Waals surface area contributed by atoms with Crippen molar-refractivity contribution in [1.29, 1.82) is 0 Å². The van der Waals surface area contributed by atoms with Gasteiger partial charge in [-0.2, -0.15) is 0 Å². The summed E-state index contributed by atoms with van der Waals surface area (Å²) in [6.07, 6.45) is 3.85. The minimum absolute atomic E-state index is 0.189. The van der Waals surface area contributed by atoms with E-state index >= 15 is 0 Å². The Hall–Kier alpha value is -0.875. The van der Waals surface area contributed by atoms with Crippen LogP contribution < -0.4 is 5.46 Å². The maximum atomic E-state index is 11.2. The van der Waals surface area contributed by atoms with Crippen molar-refractivity contribution in [2.24, 2.45) is 0 Å². The zero-order valence-electron chi connectivity index (χ0n) is 15.0. The van der Waals surface area contributed by atoms with Crippen molar-refractivity contribution in [2.75, 3.05) is 0 Å². The van der Waals surface area contributed by atoms with E-state index in [1.807, 2.05) is 24.3 Å². The maximum absolute atomic E-state index is 11.2. The Labute approximate surface area is 144 Å². The minimum atomic E-state index is -0.802. The molecule has 0 aromatic heterocycles. The Morgan fingerprint density at radius 1 is 1.00 bits per heavy atom. The van der Waals surface area contributed by atoms with E-state index in [1.165, 1.54) is 0 Å². The van der Waals surface area contributed by atoms with Gasteiger partial charge in [0.05, 0.1) is 29.0 Å². The molecule has 0 amide bonds. The molecule has 1 N–H and O–H groups in total. The highest BCUT2D eigenvalue weighted by Crippen LogP contribution is 2.44. The zero-order valence-corrected chi connectivity index (χ0v) is 15.0. The van der Waals surface area contributed by atoms with E-state index in [-0.39, 0.29) is 23.4 Å². The van der Waals surface area contributed by atoms with E-state index in [9.17, 15) is 5.11 Å². The lowest BCUT2D eigenvalue weighted by Crippen LogP contribution is -2.41. The summed E-state index contributed by atoms with van der Waals surface area (Å²) in [5.74, 6) is 0. The molecule has 0 spiro atoms. The summed E-state index contributed by atoms with van der Waals surface area (Å²) in [6.45, 7) is 8.22. The third kappa shape index (κ3) is 2.62. The monoisotopic (exact) mass is 330 g/mol. The summed E-state index contributed by atoms with van der Waals surface area (Å²) in [4.78, 5) is 0. The first-order valence-electron chi connectivity index (χ1n) is 9.02. The number of benzene rings is 1. The van der Waals surface area contributed by atoms with E-state index in [0.717, 1.165) is 23.9 Å². The van der Waals surface area contributed by atoms with Crippen LogP contribution in [-0.4, -0.2) is 35.6 Å². The number of rotatable bonds is 2. The molecule has 1 aromatic carbocycles.